The van der Waals surface area contributed by atoms with Crippen molar-refractivity contribution >= 4 is 23.2 Å². The molecule has 2 aromatic carbocycles. The summed E-state index contributed by atoms with van der Waals surface area (Å²) in [5.74, 6) is -0.890. The lowest BCUT2D eigenvalue weighted by atomic mass is 10.0. The lowest BCUT2D eigenvalue weighted by molar-refractivity contribution is -0.137. The minimum absolute atomic E-state index is 0.166. The molecule has 33 heavy (non-hydrogen) atoms. The van der Waals surface area contributed by atoms with Crippen LogP contribution >= 0.6 is 0 Å². The van der Waals surface area contributed by atoms with Crippen molar-refractivity contribution in [2.24, 2.45) is 0 Å². The number of carbonyl (C=O) groups excluding carboxylic acids is 2. The van der Waals surface area contributed by atoms with Gasteiger partial charge < -0.3 is 14.5 Å². The van der Waals surface area contributed by atoms with E-state index in [0.29, 0.717) is 28.0 Å². The fourth-order valence-corrected chi connectivity index (χ4v) is 3.24. The normalized spacial score (nSPS) is 11.4. The van der Waals surface area contributed by atoms with Crippen molar-refractivity contribution < 1.29 is 27.5 Å². The van der Waals surface area contributed by atoms with Crippen molar-refractivity contribution in [2.75, 3.05) is 11.9 Å². The number of nitrogens with zero attached hydrogens (tertiary/aromatic N) is 2. The van der Waals surface area contributed by atoms with E-state index in [0.717, 1.165) is 12.1 Å². The van der Waals surface area contributed by atoms with Crippen molar-refractivity contribution in [3.63, 3.8) is 0 Å². The number of halogens is 3. The molecule has 0 aliphatic rings. The van der Waals surface area contributed by atoms with Crippen LogP contribution < -0.4 is 5.32 Å². The van der Waals surface area contributed by atoms with Gasteiger partial charge in [0, 0.05) is 18.0 Å². The summed E-state index contributed by atoms with van der Waals surface area (Å²) < 4.78 is 44.7. The maximum atomic E-state index is 12.7. The second kappa shape index (κ2) is 8.78. The number of aromatic nitrogens is 2. The number of benzene rings is 2. The molecule has 6 nitrogen and oxygen atoms in total. The average Bonchev–Trinajstić information content (AvgIpc) is 3.22. The minimum atomic E-state index is -4.39. The number of imidazole rings is 1. The summed E-state index contributed by atoms with van der Waals surface area (Å²) in [4.78, 5) is 28.6. The molecule has 0 unspecified atom stereocenters. The second-order valence-electron chi connectivity index (χ2n) is 7.14. The third-order valence-corrected chi connectivity index (χ3v) is 4.89. The van der Waals surface area contributed by atoms with Crippen LogP contribution in [0.5, 0.6) is 0 Å². The number of anilines is 1. The van der Waals surface area contributed by atoms with E-state index >= 15 is 0 Å². The van der Waals surface area contributed by atoms with Gasteiger partial charge in [0.25, 0.3) is 5.91 Å². The van der Waals surface area contributed by atoms with Crippen molar-refractivity contribution in [3.05, 3.63) is 89.9 Å². The molecule has 0 aliphatic heterocycles. The van der Waals surface area contributed by atoms with E-state index in [4.69, 9.17) is 4.74 Å². The number of hydrogen-bond acceptors (Lipinski definition) is 4. The Hall–Kier alpha value is -4.14. The van der Waals surface area contributed by atoms with Gasteiger partial charge in [-0.2, -0.15) is 13.2 Å². The lowest BCUT2D eigenvalue weighted by Gasteiger charge is -2.09. The average molecular weight is 453 g/mol. The molecule has 0 bridgehead atoms. The molecule has 4 aromatic rings. The predicted octanol–water partition coefficient (Wildman–Crippen LogP) is 5.45. The number of pyridine rings is 1. The van der Waals surface area contributed by atoms with Gasteiger partial charge in [0.2, 0.25) is 0 Å². The summed E-state index contributed by atoms with van der Waals surface area (Å²) in [5.41, 5.74) is 2.14. The summed E-state index contributed by atoms with van der Waals surface area (Å²) in [5, 5.41) is 2.77. The van der Waals surface area contributed by atoms with Crippen LogP contribution in [0.25, 0.3) is 16.8 Å². The minimum Gasteiger partial charge on any atom is -0.461 e. The second-order valence-corrected chi connectivity index (χ2v) is 7.14. The Morgan fingerprint density at radius 1 is 0.939 bits per heavy atom. The molecular weight excluding hydrogens is 435 g/mol. The number of amides is 1. The molecule has 1 amide bonds. The third-order valence-electron chi connectivity index (χ3n) is 4.89. The summed E-state index contributed by atoms with van der Waals surface area (Å²) in [7, 11) is 0. The van der Waals surface area contributed by atoms with E-state index in [-0.39, 0.29) is 18.2 Å². The monoisotopic (exact) mass is 453 g/mol. The first kappa shape index (κ1) is 22.1. The molecule has 9 heteroatoms. The zero-order valence-electron chi connectivity index (χ0n) is 17.4. The van der Waals surface area contributed by atoms with E-state index < -0.39 is 17.7 Å². The molecule has 2 aromatic heterocycles. The Morgan fingerprint density at radius 2 is 1.58 bits per heavy atom. The van der Waals surface area contributed by atoms with E-state index in [9.17, 15) is 22.8 Å². The van der Waals surface area contributed by atoms with Crippen LogP contribution in [0.1, 0.15) is 33.3 Å². The maximum absolute atomic E-state index is 12.7. The Balaban J connectivity index is 1.47. The lowest BCUT2D eigenvalue weighted by Crippen LogP contribution is -2.12. The number of alkyl halides is 3. The molecule has 1 N–H and O–H groups in total. The van der Waals surface area contributed by atoms with Crippen LogP contribution in [-0.2, 0) is 10.9 Å². The summed E-state index contributed by atoms with van der Waals surface area (Å²) >= 11 is 0. The van der Waals surface area contributed by atoms with Gasteiger partial charge in [-0.15, -0.1) is 0 Å². The highest BCUT2D eigenvalue weighted by molar-refractivity contribution is 6.04. The van der Waals surface area contributed by atoms with Gasteiger partial charge in [-0.05, 0) is 54.4 Å². The number of ether oxygens (including phenoxy) is 1. The number of fused-ring (bicyclic) bond motifs is 1. The van der Waals surface area contributed by atoms with Crippen LogP contribution in [0, 0.1) is 0 Å². The third kappa shape index (κ3) is 4.87. The highest BCUT2D eigenvalue weighted by atomic mass is 19.4. The first-order valence-electron chi connectivity index (χ1n) is 9.99. The fourth-order valence-electron chi connectivity index (χ4n) is 3.24. The Kier molecular flexibility index (Phi) is 5.87. The molecule has 0 radical (unpaired) electrons. The molecule has 4 rings (SSSR count). The molecule has 0 atom stereocenters. The van der Waals surface area contributed by atoms with E-state index in [1.54, 1.807) is 53.9 Å². The molecule has 0 saturated carbocycles. The van der Waals surface area contributed by atoms with Crippen LogP contribution in [0.15, 0.2) is 73.1 Å². The smallest absolute Gasteiger partial charge is 0.416 e. The molecule has 2 heterocycles. The molecule has 168 valence electrons. The summed E-state index contributed by atoms with van der Waals surface area (Å²) in [6, 6.07) is 14.7. The Morgan fingerprint density at radius 3 is 2.18 bits per heavy atom. The SMILES string of the molecule is CCOC(=O)c1cn2cc(NC(=O)c3ccc(-c4ccc(C(F)(F)F)cc4)cc3)ccc2n1. The van der Waals surface area contributed by atoms with Gasteiger partial charge in [-0.3, -0.25) is 4.79 Å². The van der Waals surface area contributed by atoms with E-state index in [1.165, 1.54) is 18.3 Å². The molecule has 0 spiro atoms. The zero-order chi connectivity index (χ0) is 23.6. The van der Waals surface area contributed by atoms with Gasteiger partial charge >= 0.3 is 12.1 Å². The van der Waals surface area contributed by atoms with Crippen molar-refractivity contribution in [2.45, 2.75) is 13.1 Å². The highest BCUT2D eigenvalue weighted by Gasteiger charge is 2.29. The molecular formula is C24H18F3N3O3. The number of esters is 1. The molecule has 0 saturated heterocycles. The largest absolute Gasteiger partial charge is 0.461 e. The van der Waals surface area contributed by atoms with Crippen molar-refractivity contribution in [1.82, 2.24) is 9.38 Å². The highest BCUT2D eigenvalue weighted by Crippen LogP contribution is 2.31. The van der Waals surface area contributed by atoms with Crippen molar-refractivity contribution in [1.29, 1.82) is 0 Å². The van der Waals surface area contributed by atoms with Crippen LogP contribution in [-0.4, -0.2) is 27.9 Å². The van der Waals surface area contributed by atoms with Gasteiger partial charge in [0.1, 0.15) is 5.65 Å². The van der Waals surface area contributed by atoms with Crippen molar-refractivity contribution in [3.8, 4) is 11.1 Å². The zero-order valence-corrected chi connectivity index (χ0v) is 17.4. The van der Waals surface area contributed by atoms with Crippen LogP contribution in [0.2, 0.25) is 0 Å². The summed E-state index contributed by atoms with van der Waals surface area (Å²) in [6.07, 6.45) is -1.25. The topological polar surface area (TPSA) is 72.7 Å². The first-order chi connectivity index (χ1) is 15.7. The fraction of sp³-hybridized carbons (Fsp3) is 0.125. The van der Waals surface area contributed by atoms with Gasteiger partial charge in [-0.1, -0.05) is 24.3 Å². The van der Waals surface area contributed by atoms with Gasteiger partial charge in [-0.25, -0.2) is 9.78 Å². The summed E-state index contributed by atoms with van der Waals surface area (Å²) in [6.45, 7) is 1.95. The predicted molar refractivity (Wildman–Crippen MR) is 116 cm³/mol. The number of hydrogen-bond donors (Lipinski definition) is 1. The Bertz CT molecular complexity index is 1310. The van der Waals surface area contributed by atoms with Gasteiger partial charge in [0.05, 0.1) is 17.9 Å². The maximum Gasteiger partial charge on any atom is 0.416 e. The van der Waals surface area contributed by atoms with Crippen LogP contribution in [0.3, 0.4) is 0 Å². The van der Waals surface area contributed by atoms with Crippen LogP contribution in [0.4, 0.5) is 18.9 Å². The standard InChI is InChI=1S/C24H18F3N3O3/c1-2-33-23(32)20-14-30-13-19(11-12-21(30)29-20)28-22(31)17-5-3-15(4-6-17)16-7-9-18(10-8-16)24(25,26)27/h3-14H,2H2,1H3,(H,28,31). The number of nitrogens with one attached hydrogen (secondary N) is 1. The number of rotatable bonds is 5. The Labute approximate surface area is 186 Å². The quantitative estimate of drug-likeness (QED) is 0.408. The van der Waals surface area contributed by atoms with Gasteiger partial charge in [0.15, 0.2) is 5.69 Å². The first-order valence-corrected chi connectivity index (χ1v) is 9.99. The number of carbonyl (C=O) groups is 2. The van der Waals surface area contributed by atoms with E-state index in [2.05, 4.69) is 10.3 Å². The molecule has 0 fully saturated rings. The van der Waals surface area contributed by atoms with E-state index in [1.807, 2.05) is 0 Å². The molecule has 0 aliphatic carbocycles.